The first-order valence-electron chi connectivity index (χ1n) is 7.66. The van der Waals surface area contributed by atoms with Gasteiger partial charge < -0.3 is 10.2 Å². The number of rotatable bonds is 4. The predicted octanol–water partition coefficient (Wildman–Crippen LogP) is 3.60. The molecule has 1 atom stereocenters. The van der Waals surface area contributed by atoms with Gasteiger partial charge in [-0.3, -0.25) is 0 Å². The molecule has 0 saturated carbocycles. The van der Waals surface area contributed by atoms with E-state index in [2.05, 4.69) is 24.1 Å². The fourth-order valence-electron chi connectivity index (χ4n) is 3.02. The largest absolute Gasteiger partial charge is 0.312 e. The first-order valence-corrected chi connectivity index (χ1v) is 7.66. The average molecular weight is 278 g/mol. The van der Waals surface area contributed by atoms with Crippen LogP contribution in [0.5, 0.6) is 0 Å². The Kier molecular flexibility index (Phi) is 5.17. The zero-order valence-electron chi connectivity index (χ0n) is 13.0. The van der Waals surface area contributed by atoms with Crippen LogP contribution in [-0.4, -0.2) is 31.6 Å². The normalized spacial score (nSPS) is 21.4. The lowest BCUT2D eigenvalue weighted by atomic mass is 9.85. The lowest BCUT2D eigenvalue weighted by Gasteiger charge is -2.27. The molecular formula is C17H27FN2. The van der Waals surface area contributed by atoms with Crippen LogP contribution in [0.1, 0.15) is 44.7 Å². The Balaban J connectivity index is 2.02. The summed E-state index contributed by atoms with van der Waals surface area (Å²) in [6, 6.07) is 7.16. The third kappa shape index (κ3) is 4.03. The van der Waals surface area contributed by atoms with Crippen molar-refractivity contribution in [2.75, 3.05) is 26.7 Å². The summed E-state index contributed by atoms with van der Waals surface area (Å²) >= 11 is 0. The highest BCUT2D eigenvalue weighted by Crippen LogP contribution is 2.30. The second-order valence-electron chi connectivity index (χ2n) is 6.68. The number of nitrogens with one attached hydrogen (secondary N) is 1. The summed E-state index contributed by atoms with van der Waals surface area (Å²) in [5, 5.41) is 3.27. The van der Waals surface area contributed by atoms with Crippen molar-refractivity contribution in [2.45, 2.75) is 39.2 Å². The van der Waals surface area contributed by atoms with E-state index in [0.717, 1.165) is 25.2 Å². The molecule has 0 bridgehead atoms. The van der Waals surface area contributed by atoms with Gasteiger partial charge in [-0.05, 0) is 50.9 Å². The molecule has 1 saturated heterocycles. The Labute approximate surface area is 122 Å². The topological polar surface area (TPSA) is 15.3 Å². The summed E-state index contributed by atoms with van der Waals surface area (Å²) in [5.41, 5.74) is 1.22. The molecule has 1 aromatic carbocycles. The van der Waals surface area contributed by atoms with Crippen LogP contribution in [-0.2, 0) is 0 Å². The van der Waals surface area contributed by atoms with Crippen molar-refractivity contribution < 1.29 is 4.39 Å². The van der Waals surface area contributed by atoms with Gasteiger partial charge >= 0.3 is 0 Å². The molecule has 3 heteroatoms. The minimum atomic E-state index is -0.109. The average Bonchev–Trinajstić information content (AvgIpc) is 2.58. The summed E-state index contributed by atoms with van der Waals surface area (Å²) in [6.45, 7) is 7.81. The van der Waals surface area contributed by atoms with Gasteiger partial charge in [0.25, 0.3) is 0 Å². The zero-order chi connectivity index (χ0) is 14.6. The summed E-state index contributed by atoms with van der Waals surface area (Å²) in [4.78, 5) is 2.47. The van der Waals surface area contributed by atoms with E-state index in [0.29, 0.717) is 5.41 Å². The van der Waals surface area contributed by atoms with Gasteiger partial charge in [-0.25, -0.2) is 4.39 Å². The number of benzene rings is 1. The van der Waals surface area contributed by atoms with Crippen LogP contribution in [0.2, 0.25) is 0 Å². The lowest BCUT2D eigenvalue weighted by Crippen LogP contribution is -2.35. The van der Waals surface area contributed by atoms with Gasteiger partial charge in [0.2, 0.25) is 0 Å². The van der Waals surface area contributed by atoms with E-state index >= 15 is 0 Å². The van der Waals surface area contributed by atoms with Gasteiger partial charge in [-0.1, -0.05) is 32.0 Å². The Morgan fingerprint density at radius 1 is 1.25 bits per heavy atom. The fraction of sp³-hybridized carbons (Fsp3) is 0.647. The van der Waals surface area contributed by atoms with Gasteiger partial charge in [0.1, 0.15) is 5.82 Å². The molecule has 0 amide bonds. The molecule has 1 aliphatic heterocycles. The van der Waals surface area contributed by atoms with Crippen molar-refractivity contribution in [3.63, 3.8) is 0 Å². The van der Waals surface area contributed by atoms with Gasteiger partial charge in [-0.15, -0.1) is 0 Å². The number of likely N-dealkylation sites (tertiary alicyclic amines) is 1. The van der Waals surface area contributed by atoms with Crippen LogP contribution in [0.15, 0.2) is 24.3 Å². The number of hydrogen-bond acceptors (Lipinski definition) is 2. The minimum absolute atomic E-state index is 0.0670. The van der Waals surface area contributed by atoms with Gasteiger partial charge in [0, 0.05) is 18.2 Å². The maximum absolute atomic E-state index is 13.9. The van der Waals surface area contributed by atoms with E-state index in [9.17, 15) is 4.39 Å². The summed E-state index contributed by atoms with van der Waals surface area (Å²) < 4.78 is 13.9. The van der Waals surface area contributed by atoms with E-state index in [1.165, 1.54) is 19.3 Å². The molecule has 2 nitrogen and oxygen atoms in total. The predicted molar refractivity (Wildman–Crippen MR) is 82.3 cm³/mol. The molecule has 0 aromatic heterocycles. The van der Waals surface area contributed by atoms with Crippen LogP contribution in [0.3, 0.4) is 0 Å². The van der Waals surface area contributed by atoms with Crippen LogP contribution in [0.4, 0.5) is 4.39 Å². The lowest BCUT2D eigenvalue weighted by molar-refractivity contribution is 0.239. The highest BCUT2D eigenvalue weighted by Gasteiger charge is 2.25. The molecule has 2 rings (SSSR count). The highest BCUT2D eigenvalue weighted by atomic mass is 19.1. The number of halogens is 1. The quantitative estimate of drug-likeness (QED) is 0.905. The van der Waals surface area contributed by atoms with Crippen LogP contribution in [0.25, 0.3) is 0 Å². The number of likely N-dealkylation sites (N-methyl/N-ethyl adjacent to an activating group) is 1. The van der Waals surface area contributed by atoms with Crippen LogP contribution >= 0.6 is 0 Å². The minimum Gasteiger partial charge on any atom is -0.312 e. The molecule has 1 aliphatic rings. The van der Waals surface area contributed by atoms with Gasteiger partial charge in [-0.2, -0.15) is 0 Å². The van der Waals surface area contributed by atoms with Crippen molar-refractivity contribution in [3.05, 3.63) is 35.6 Å². The molecule has 0 spiro atoms. The Bertz CT molecular complexity index is 431. The van der Waals surface area contributed by atoms with Crippen molar-refractivity contribution in [1.82, 2.24) is 10.2 Å². The standard InChI is InChI=1S/C17H27FN2/c1-17(2)9-6-11-20(12-10-17)13-16(19-3)14-7-4-5-8-15(14)18/h4-5,7-8,16,19H,6,9-13H2,1-3H3. The molecule has 112 valence electrons. The molecule has 20 heavy (non-hydrogen) atoms. The van der Waals surface area contributed by atoms with Crippen molar-refractivity contribution in [2.24, 2.45) is 5.41 Å². The molecule has 1 heterocycles. The van der Waals surface area contributed by atoms with E-state index in [-0.39, 0.29) is 11.9 Å². The SMILES string of the molecule is CNC(CN1CCCC(C)(C)CC1)c1ccccc1F. The van der Waals surface area contributed by atoms with Gasteiger partial charge in [0.05, 0.1) is 0 Å². The maximum Gasteiger partial charge on any atom is 0.128 e. The molecule has 0 aliphatic carbocycles. The van der Waals surface area contributed by atoms with Gasteiger partial charge in [0.15, 0.2) is 0 Å². The second kappa shape index (κ2) is 6.68. The molecular weight excluding hydrogens is 251 g/mol. The molecule has 1 unspecified atom stereocenters. The fourth-order valence-corrected chi connectivity index (χ4v) is 3.02. The van der Waals surface area contributed by atoms with E-state index in [4.69, 9.17) is 0 Å². The molecule has 1 N–H and O–H groups in total. The van der Waals surface area contributed by atoms with E-state index < -0.39 is 0 Å². The Morgan fingerprint density at radius 3 is 2.70 bits per heavy atom. The summed E-state index contributed by atoms with van der Waals surface area (Å²) in [5.74, 6) is -0.109. The Hall–Kier alpha value is -0.930. The Morgan fingerprint density at radius 2 is 2.00 bits per heavy atom. The highest BCUT2D eigenvalue weighted by molar-refractivity contribution is 5.21. The number of nitrogens with zero attached hydrogens (tertiary/aromatic N) is 1. The van der Waals surface area contributed by atoms with Crippen molar-refractivity contribution >= 4 is 0 Å². The van der Waals surface area contributed by atoms with E-state index in [1.807, 2.05) is 19.2 Å². The summed E-state index contributed by atoms with van der Waals surface area (Å²) in [6.07, 6.45) is 3.74. The third-order valence-electron chi connectivity index (χ3n) is 4.50. The molecule has 1 aromatic rings. The third-order valence-corrected chi connectivity index (χ3v) is 4.50. The second-order valence-corrected chi connectivity index (χ2v) is 6.68. The smallest absolute Gasteiger partial charge is 0.128 e. The van der Waals surface area contributed by atoms with Crippen LogP contribution < -0.4 is 5.32 Å². The molecule has 0 radical (unpaired) electrons. The van der Waals surface area contributed by atoms with Crippen molar-refractivity contribution in [1.29, 1.82) is 0 Å². The first-order chi connectivity index (χ1) is 9.52. The van der Waals surface area contributed by atoms with Crippen molar-refractivity contribution in [3.8, 4) is 0 Å². The van der Waals surface area contributed by atoms with Crippen LogP contribution in [0, 0.1) is 11.2 Å². The summed E-state index contributed by atoms with van der Waals surface area (Å²) in [7, 11) is 1.92. The maximum atomic E-state index is 13.9. The monoisotopic (exact) mass is 278 g/mol. The molecule has 1 fully saturated rings. The van der Waals surface area contributed by atoms with E-state index in [1.54, 1.807) is 12.1 Å². The number of hydrogen-bond donors (Lipinski definition) is 1. The zero-order valence-corrected chi connectivity index (χ0v) is 13.0. The first kappa shape index (κ1) is 15.5.